The van der Waals surface area contributed by atoms with Gasteiger partial charge in [-0.25, -0.2) is 8.42 Å². The Kier molecular flexibility index (Phi) is 5.82. The molecule has 0 saturated heterocycles. The minimum absolute atomic E-state index is 0.136. The fourth-order valence-corrected chi connectivity index (χ4v) is 3.55. The van der Waals surface area contributed by atoms with Crippen LogP contribution in [0.3, 0.4) is 0 Å². The van der Waals surface area contributed by atoms with Crippen LogP contribution in [-0.2, 0) is 9.84 Å². The highest BCUT2D eigenvalue weighted by Crippen LogP contribution is 2.20. The van der Waals surface area contributed by atoms with Crippen molar-refractivity contribution in [1.82, 2.24) is 0 Å². The van der Waals surface area contributed by atoms with Crippen LogP contribution in [0.5, 0.6) is 0 Å². The van der Waals surface area contributed by atoms with E-state index in [0.717, 1.165) is 5.56 Å². The molecule has 1 unspecified atom stereocenters. The molecule has 0 spiro atoms. The maximum atomic E-state index is 11.7. The predicted octanol–water partition coefficient (Wildman–Crippen LogP) is 2.25. The van der Waals surface area contributed by atoms with Crippen LogP contribution in [-0.4, -0.2) is 26.5 Å². The zero-order chi connectivity index (χ0) is 13.6. The number of aryl methyl sites for hydroxylation is 1. The highest BCUT2D eigenvalue weighted by atomic mass is 32.2. The van der Waals surface area contributed by atoms with Gasteiger partial charge in [-0.3, -0.25) is 0 Å². The Hall–Kier alpha value is -0.870. The van der Waals surface area contributed by atoms with Crippen molar-refractivity contribution in [3.05, 3.63) is 35.4 Å². The quantitative estimate of drug-likeness (QED) is 0.826. The fourth-order valence-electron chi connectivity index (χ4n) is 2.08. The molecule has 1 rings (SSSR count). The molecule has 1 atom stereocenters. The number of hydrogen-bond acceptors (Lipinski definition) is 3. The van der Waals surface area contributed by atoms with Crippen molar-refractivity contribution in [1.29, 1.82) is 0 Å². The van der Waals surface area contributed by atoms with Crippen molar-refractivity contribution in [3.63, 3.8) is 0 Å². The van der Waals surface area contributed by atoms with E-state index in [4.69, 9.17) is 5.73 Å². The van der Waals surface area contributed by atoms with Crippen molar-refractivity contribution in [2.75, 3.05) is 18.1 Å². The Morgan fingerprint density at radius 1 is 1.28 bits per heavy atom. The second-order valence-electron chi connectivity index (χ2n) is 4.79. The van der Waals surface area contributed by atoms with Crippen molar-refractivity contribution in [2.45, 2.75) is 32.6 Å². The molecule has 0 saturated carbocycles. The third-order valence-electron chi connectivity index (χ3n) is 3.09. The lowest BCUT2D eigenvalue weighted by atomic mass is 9.95. The van der Waals surface area contributed by atoms with Crippen LogP contribution in [0.1, 0.15) is 36.8 Å². The largest absolute Gasteiger partial charge is 0.330 e. The SMILES string of the molecule is CCCS(=O)(=O)CCC(CN)c1cccc(C)c1. The molecule has 0 aliphatic carbocycles. The van der Waals surface area contributed by atoms with E-state index in [2.05, 4.69) is 6.07 Å². The van der Waals surface area contributed by atoms with Gasteiger partial charge in [0.25, 0.3) is 0 Å². The smallest absolute Gasteiger partial charge is 0.150 e. The normalized spacial score (nSPS) is 13.5. The number of nitrogens with two attached hydrogens (primary N) is 1. The van der Waals surface area contributed by atoms with Gasteiger partial charge < -0.3 is 5.73 Å². The third-order valence-corrected chi connectivity index (χ3v) is 4.98. The van der Waals surface area contributed by atoms with E-state index < -0.39 is 9.84 Å². The second kappa shape index (κ2) is 6.90. The summed E-state index contributed by atoms with van der Waals surface area (Å²) in [4.78, 5) is 0. The molecule has 0 amide bonds. The first-order valence-corrected chi connectivity index (χ1v) is 8.27. The lowest BCUT2D eigenvalue weighted by Crippen LogP contribution is -2.18. The maximum absolute atomic E-state index is 11.7. The molecule has 0 aliphatic rings. The average Bonchev–Trinajstić information content (AvgIpc) is 2.29. The molecule has 0 radical (unpaired) electrons. The third kappa shape index (κ3) is 4.78. The molecule has 1 aromatic rings. The number of sulfone groups is 1. The van der Waals surface area contributed by atoms with Gasteiger partial charge in [-0.15, -0.1) is 0 Å². The van der Waals surface area contributed by atoms with Crippen molar-refractivity contribution < 1.29 is 8.42 Å². The Balaban J connectivity index is 2.69. The number of benzene rings is 1. The minimum Gasteiger partial charge on any atom is -0.330 e. The molecule has 102 valence electrons. The summed E-state index contributed by atoms with van der Waals surface area (Å²) < 4.78 is 23.4. The minimum atomic E-state index is -2.91. The molecule has 0 bridgehead atoms. The van der Waals surface area contributed by atoms with E-state index in [9.17, 15) is 8.42 Å². The van der Waals surface area contributed by atoms with Gasteiger partial charge >= 0.3 is 0 Å². The highest BCUT2D eigenvalue weighted by molar-refractivity contribution is 7.91. The van der Waals surface area contributed by atoms with E-state index in [-0.39, 0.29) is 17.4 Å². The molecule has 0 heterocycles. The summed E-state index contributed by atoms with van der Waals surface area (Å²) in [7, 11) is -2.91. The molecule has 4 heteroatoms. The first-order chi connectivity index (χ1) is 8.48. The van der Waals surface area contributed by atoms with Gasteiger partial charge in [-0.1, -0.05) is 36.8 Å². The van der Waals surface area contributed by atoms with Gasteiger partial charge in [0, 0.05) is 5.75 Å². The number of rotatable bonds is 7. The zero-order valence-electron chi connectivity index (χ0n) is 11.2. The Labute approximate surface area is 110 Å². The lowest BCUT2D eigenvalue weighted by Gasteiger charge is -2.15. The van der Waals surface area contributed by atoms with Crippen LogP contribution < -0.4 is 5.73 Å². The molecule has 0 aromatic heterocycles. The van der Waals surface area contributed by atoms with Gasteiger partial charge in [0.15, 0.2) is 0 Å². The predicted molar refractivity (Wildman–Crippen MR) is 76.5 cm³/mol. The topological polar surface area (TPSA) is 60.2 Å². The van der Waals surface area contributed by atoms with E-state index in [1.165, 1.54) is 5.56 Å². The van der Waals surface area contributed by atoms with Gasteiger partial charge in [0.05, 0.1) is 5.75 Å². The summed E-state index contributed by atoms with van der Waals surface area (Å²) in [5.74, 6) is 0.644. The van der Waals surface area contributed by atoms with Crippen LogP contribution in [0.15, 0.2) is 24.3 Å². The molecule has 2 N–H and O–H groups in total. The van der Waals surface area contributed by atoms with Gasteiger partial charge in [0.2, 0.25) is 0 Å². The zero-order valence-corrected chi connectivity index (χ0v) is 12.0. The standard InChI is InChI=1S/C14H23NO2S/c1-3-8-18(16,17)9-7-14(11-15)13-6-4-5-12(2)10-13/h4-6,10,14H,3,7-9,11,15H2,1-2H3. The number of hydrogen-bond donors (Lipinski definition) is 1. The van der Waals surface area contributed by atoms with Gasteiger partial charge in [-0.2, -0.15) is 0 Å². The van der Waals surface area contributed by atoms with Crippen molar-refractivity contribution >= 4 is 9.84 Å². The first kappa shape index (κ1) is 15.2. The van der Waals surface area contributed by atoms with Gasteiger partial charge in [0.1, 0.15) is 9.84 Å². The lowest BCUT2D eigenvalue weighted by molar-refractivity contribution is 0.583. The van der Waals surface area contributed by atoms with E-state index in [1.54, 1.807) is 0 Å². The van der Waals surface area contributed by atoms with Crippen LogP contribution in [0.2, 0.25) is 0 Å². The first-order valence-electron chi connectivity index (χ1n) is 6.45. The molecule has 1 aromatic carbocycles. The molecule has 3 nitrogen and oxygen atoms in total. The summed E-state index contributed by atoms with van der Waals surface area (Å²) in [5.41, 5.74) is 8.09. The summed E-state index contributed by atoms with van der Waals surface area (Å²) in [6.45, 7) is 4.41. The summed E-state index contributed by atoms with van der Waals surface area (Å²) in [6.07, 6.45) is 1.29. The Morgan fingerprint density at radius 3 is 2.56 bits per heavy atom. The average molecular weight is 269 g/mol. The van der Waals surface area contributed by atoms with Crippen LogP contribution in [0.4, 0.5) is 0 Å². The van der Waals surface area contributed by atoms with E-state index >= 15 is 0 Å². The summed E-state index contributed by atoms with van der Waals surface area (Å²) in [6, 6.07) is 8.14. The van der Waals surface area contributed by atoms with Crippen LogP contribution in [0.25, 0.3) is 0 Å². The molecular formula is C14H23NO2S. The second-order valence-corrected chi connectivity index (χ2v) is 7.09. The molecule has 0 aliphatic heterocycles. The summed E-state index contributed by atoms with van der Waals surface area (Å²) >= 11 is 0. The molecule has 0 fully saturated rings. The molecule has 18 heavy (non-hydrogen) atoms. The van der Waals surface area contributed by atoms with Gasteiger partial charge in [-0.05, 0) is 37.8 Å². The maximum Gasteiger partial charge on any atom is 0.150 e. The van der Waals surface area contributed by atoms with E-state index in [1.807, 2.05) is 32.0 Å². The summed E-state index contributed by atoms with van der Waals surface area (Å²) in [5, 5.41) is 0. The van der Waals surface area contributed by atoms with E-state index in [0.29, 0.717) is 19.4 Å². The van der Waals surface area contributed by atoms with Crippen molar-refractivity contribution in [3.8, 4) is 0 Å². The van der Waals surface area contributed by atoms with Crippen molar-refractivity contribution in [2.24, 2.45) is 5.73 Å². The monoisotopic (exact) mass is 269 g/mol. The Morgan fingerprint density at radius 2 is 2.00 bits per heavy atom. The highest BCUT2D eigenvalue weighted by Gasteiger charge is 2.15. The fraction of sp³-hybridized carbons (Fsp3) is 0.571. The molecular weight excluding hydrogens is 246 g/mol. The Bertz CT molecular complexity index is 468. The van der Waals surface area contributed by atoms with Crippen LogP contribution >= 0.6 is 0 Å². The van der Waals surface area contributed by atoms with Crippen LogP contribution in [0, 0.1) is 6.92 Å².